The fraction of sp³-hybridized carbons (Fsp3) is 0.423. The largest absolute Gasteiger partial charge is 0.379 e. The Bertz CT molecular complexity index is 1090. The van der Waals surface area contributed by atoms with Crippen LogP contribution in [0, 0.1) is 5.92 Å². The number of halogens is 3. The van der Waals surface area contributed by atoms with Gasteiger partial charge in [0.05, 0.1) is 17.7 Å². The standard InChI is InChI=1S/C26H31Cl2N3O2.ClH/c1-17(2)31-11-9-18(10-12-31)15-33-16-25(20-5-3-4-6-22(20)27)30-26(32)19-7-8-21-23(28)14-29-24(21)13-19;/h3-8,13-14,17-18,25,29H,9-12,15-16H2,1-2H3,(H,30,32);1H. The number of fused-ring (bicyclic) bond motifs is 1. The Morgan fingerprint density at radius 3 is 2.59 bits per heavy atom. The maximum absolute atomic E-state index is 13.1. The average Bonchev–Trinajstić information content (AvgIpc) is 3.19. The monoisotopic (exact) mass is 523 g/mol. The minimum absolute atomic E-state index is 0. The van der Waals surface area contributed by atoms with Crippen LogP contribution in [0.1, 0.15) is 48.7 Å². The Kier molecular flexibility index (Phi) is 9.69. The van der Waals surface area contributed by atoms with Gasteiger partial charge in [0.2, 0.25) is 0 Å². The van der Waals surface area contributed by atoms with E-state index in [0.29, 0.717) is 40.8 Å². The molecule has 4 rings (SSSR count). The number of ether oxygens (including phenoxy) is 1. The van der Waals surface area contributed by atoms with Crippen LogP contribution in [-0.4, -0.2) is 48.1 Å². The molecule has 1 aliphatic rings. The highest BCUT2D eigenvalue weighted by molar-refractivity contribution is 6.35. The van der Waals surface area contributed by atoms with Crippen molar-refractivity contribution in [3.05, 3.63) is 69.8 Å². The molecule has 0 radical (unpaired) electrons. The summed E-state index contributed by atoms with van der Waals surface area (Å²) < 4.78 is 6.14. The van der Waals surface area contributed by atoms with E-state index in [0.717, 1.165) is 42.4 Å². The highest BCUT2D eigenvalue weighted by atomic mass is 35.5. The lowest BCUT2D eigenvalue weighted by molar-refractivity contribution is 0.0473. The van der Waals surface area contributed by atoms with Gasteiger partial charge < -0.3 is 19.9 Å². The minimum Gasteiger partial charge on any atom is -0.379 e. The summed E-state index contributed by atoms with van der Waals surface area (Å²) in [6.45, 7) is 7.78. The van der Waals surface area contributed by atoms with Crippen LogP contribution in [0.25, 0.3) is 10.9 Å². The second kappa shape index (κ2) is 12.3. The van der Waals surface area contributed by atoms with Crippen molar-refractivity contribution in [2.24, 2.45) is 5.92 Å². The second-order valence-electron chi connectivity index (χ2n) is 9.06. The van der Waals surface area contributed by atoms with Gasteiger partial charge in [-0.05, 0) is 69.5 Å². The number of benzene rings is 2. The Morgan fingerprint density at radius 2 is 1.88 bits per heavy atom. The molecular formula is C26H32Cl3N3O2. The smallest absolute Gasteiger partial charge is 0.251 e. The van der Waals surface area contributed by atoms with Gasteiger partial charge in [0, 0.05) is 40.3 Å². The highest BCUT2D eigenvalue weighted by Crippen LogP contribution is 2.26. The van der Waals surface area contributed by atoms with Crippen molar-refractivity contribution >= 4 is 52.4 Å². The fourth-order valence-corrected chi connectivity index (χ4v) is 4.92. The Balaban J connectivity index is 0.00000324. The lowest BCUT2D eigenvalue weighted by Gasteiger charge is -2.34. The summed E-state index contributed by atoms with van der Waals surface area (Å²) >= 11 is 12.6. The molecule has 2 heterocycles. The van der Waals surface area contributed by atoms with Gasteiger partial charge in [0.1, 0.15) is 0 Å². The fourth-order valence-electron chi connectivity index (χ4n) is 4.43. The van der Waals surface area contributed by atoms with Crippen molar-refractivity contribution in [3.63, 3.8) is 0 Å². The van der Waals surface area contributed by atoms with E-state index >= 15 is 0 Å². The molecule has 0 spiro atoms. The maximum atomic E-state index is 13.1. The number of carbonyl (C=O) groups is 1. The number of likely N-dealkylation sites (tertiary alicyclic amines) is 1. The molecule has 1 fully saturated rings. The molecule has 2 N–H and O–H groups in total. The van der Waals surface area contributed by atoms with E-state index in [9.17, 15) is 4.79 Å². The summed E-state index contributed by atoms with van der Waals surface area (Å²) in [5.41, 5.74) is 2.23. The van der Waals surface area contributed by atoms with Crippen LogP contribution in [0.2, 0.25) is 10.0 Å². The summed E-state index contributed by atoms with van der Waals surface area (Å²) in [6, 6.07) is 13.3. The van der Waals surface area contributed by atoms with Crippen molar-refractivity contribution in [2.45, 2.75) is 38.8 Å². The molecule has 5 nitrogen and oxygen atoms in total. The van der Waals surface area contributed by atoms with Crippen molar-refractivity contribution in [2.75, 3.05) is 26.3 Å². The maximum Gasteiger partial charge on any atom is 0.251 e. The van der Waals surface area contributed by atoms with Crippen molar-refractivity contribution in [1.82, 2.24) is 15.2 Å². The molecule has 1 saturated heterocycles. The molecule has 184 valence electrons. The van der Waals surface area contributed by atoms with Crippen LogP contribution in [-0.2, 0) is 4.74 Å². The molecule has 2 aromatic carbocycles. The van der Waals surface area contributed by atoms with Gasteiger partial charge in [-0.3, -0.25) is 4.79 Å². The summed E-state index contributed by atoms with van der Waals surface area (Å²) in [7, 11) is 0. The lowest BCUT2D eigenvalue weighted by atomic mass is 9.97. The quantitative estimate of drug-likeness (QED) is 0.353. The van der Waals surface area contributed by atoms with Crippen LogP contribution in [0.15, 0.2) is 48.7 Å². The number of hydrogen-bond acceptors (Lipinski definition) is 3. The van der Waals surface area contributed by atoms with E-state index < -0.39 is 0 Å². The van der Waals surface area contributed by atoms with Gasteiger partial charge in [-0.25, -0.2) is 0 Å². The third kappa shape index (κ3) is 6.46. The van der Waals surface area contributed by atoms with Gasteiger partial charge in [0.25, 0.3) is 5.91 Å². The number of hydrogen-bond donors (Lipinski definition) is 2. The molecule has 1 amide bonds. The number of aromatic amines is 1. The van der Waals surface area contributed by atoms with Gasteiger partial charge in [0.15, 0.2) is 0 Å². The van der Waals surface area contributed by atoms with Crippen LogP contribution < -0.4 is 5.32 Å². The summed E-state index contributed by atoms with van der Waals surface area (Å²) in [6.07, 6.45) is 4.00. The molecule has 3 aromatic rings. The van der Waals surface area contributed by atoms with Crippen molar-refractivity contribution < 1.29 is 9.53 Å². The predicted octanol–water partition coefficient (Wildman–Crippen LogP) is 6.50. The molecule has 1 atom stereocenters. The number of nitrogens with one attached hydrogen (secondary N) is 2. The average molecular weight is 525 g/mol. The van der Waals surface area contributed by atoms with E-state index in [1.54, 1.807) is 12.3 Å². The van der Waals surface area contributed by atoms with E-state index in [1.165, 1.54) is 0 Å². The van der Waals surface area contributed by atoms with E-state index in [-0.39, 0.29) is 24.4 Å². The third-order valence-corrected chi connectivity index (χ3v) is 7.15. The number of H-pyrrole nitrogens is 1. The Hall–Kier alpha value is -1.76. The molecule has 1 aromatic heterocycles. The number of piperidine rings is 1. The second-order valence-corrected chi connectivity index (χ2v) is 9.87. The van der Waals surface area contributed by atoms with Crippen LogP contribution >= 0.6 is 35.6 Å². The SMILES string of the molecule is CC(C)N1CCC(COCC(NC(=O)c2ccc3c(Cl)c[nH]c3c2)c2ccccc2Cl)CC1.Cl. The van der Waals surface area contributed by atoms with Crippen molar-refractivity contribution in [1.29, 1.82) is 0 Å². The first-order valence-electron chi connectivity index (χ1n) is 11.6. The first kappa shape index (κ1) is 26.8. The van der Waals surface area contributed by atoms with Gasteiger partial charge in [-0.2, -0.15) is 0 Å². The zero-order valence-electron chi connectivity index (χ0n) is 19.5. The number of rotatable bonds is 8. The number of nitrogens with zero attached hydrogens (tertiary/aromatic N) is 1. The molecule has 8 heteroatoms. The number of carbonyl (C=O) groups excluding carboxylic acids is 1. The Labute approximate surface area is 217 Å². The molecule has 1 unspecified atom stereocenters. The minimum atomic E-state index is -0.343. The Morgan fingerprint density at radius 1 is 1.15 bits per heavy atom. The van der Waals surface area contributed by atoms with Gasteiger partial charge >= 0.3 is 0 Å². The van der Waals surface area contributed by atoms with Crippen LogP contribution in [0.3, 0.4) is 0 Å². The van der Waals surface area contributed by atoms with Gasteiger partial charge in [-0.15, -0.1) is 12.4 Å². The van der Waals surface area contributed by atoms with Crippen molar-refractivity contribution in [3.8, 4) is 0 Å². The normalized spacial score (nSPS) is 15.9. The topological polar surface area (TPSA) is 57.4 Å². The summed E-state index contributed by atoms with van der Waals surface area (Å²) in [5, 5.41) is 5.26. The first-order chi connectivity index (χ1) is 15.9. The molecule has 1 aliphatic heterocycles. The van der Waals surface area contributed by atoms with Gasteiger partial charge in [-0.1, -0.05) is 47.5 Å². The highest BCUT2D eigenvalue weighted by Gasteiger charge is 2.23. The first-order valence-corrected chi connectivity index (χ1v) is 12.3. The molecular weight excluding hydrogens is 493 g/mol. The zero-order chi connectivity index (χ0) is 23.4. The lowest BCUT2D eigenvalue weighted by Crippen LogP contribution is -2.39. The molecule has 34 heavy (non-hydrogen) atoms. The predicted molar refractivity (Wildman–Crippen MR) is 142 cm³/mol. The number of aromatic nitrogens is 1. The number of amides is 1. The molecule has 0 bridgehead atoms. The molecule has 0 aliphatic carbocycles. The van der Waals surface area contributed by atoms with Crippen LogP contribution in [0.5, 0.6) is 0 Å². The molecule has 0 saturated carbocycles. The summed E-state index contributed by atoms with van der Waals surface area (Å²) in [4.78, 5) is 18.7. The zero-order valence-corrected chi connectivity index (χ0v) is 21.8. The third-order valence-electron chi connectivity index (χ3n) is 6.50. The van der Waals surface area contributed by atoms with E-state index in [4.69, 9.17) is 27.9 Å². The summed E-state index contributed by atoms with van der Waals surface area (Å²) in [5.74, 6) is 0.365. The van der Waals surface area contributed by atoms with E-state index in [1.807, 2.05) is 36.4 Å². The van der Waals surface area contributed by atoms with E-state index in [2.05, 4.69) is 29.0 Å². The van der Waals surface area contributed by atoms with Crippen LogP contribution in [0.4, 0.5) is 0 Å².